The Hall–Kier alpha value is -0.760. The third-order valence-electron chi connectivity index (χ3n) is 1.96. The van der Waals surface area contributed by atoms with Crippen molar-refractivity contribution in [3.63, 3.8) is 0 Å². The van der Waals surface area contributed by atoms with Gasteiger partial charge in [0.25, 0.3) is 0 Å². The minimum absolute atomic E-state index is 0.109. The molecule has 17 heavy (non-hydrogen) atoms. The Morgan fingerprint density at radius 2 is 1.53 bits per heavy atom. The summed E-state index contributed by atoms with van der Waals surface area (Å²) in [4.78, 5) is 0. The van der Waals surface area contributed by atoms with Gasteiger partial charge in [0.05, 0.1) is 5.56 Å². The Bertz CT molecular complexity index is 411. The molecule has 0 radical (unpaired) electrons. The molecule has 2 N–H and O–H groups in total. The van der Waals surface area contributed by atoms with E-state index >= 15 is 0 Å². The SMILES string of the molecule is N[C@H](c1cc(Br)cc(C(F)(F)F)c1)C(F)(F)F. The summed E-state index contributed by atoms with van der Waals surface area (Å²) in [5, 5.41) is 0. The summed E-state index contributed by atoms with van der Waals surface area (Å²) < 4.78 is 73.8. The highest BCUT2D eigenvalue weighted by Crippen LogP contribution is 2.36. The molecule has 0 saturated carbocycles. The lowest BCUT2D eigenvalue weighted by Gasteiger charge is -2.18. The number of hydrogen-bond acceptors (Lipinski definition) is 1. The van der Waals surface area contributed by atoms with Crippen molar-refractivity contribution >= 4 is 15.9 Å². The number of rotatable bonds is 1. The van der Waals surface area contributed by atoms with Crippen LogP contribution in [0.4, 0.5) is 26.3 Å². The zero-order chi connectivity index (χ0) is 13.4. The van der Waals surface area contributed by atoms with Crippen LogP contribution in [0.1, 0.15) is 17.2 Å². The molecule has 0 aliphatic rings. The molecule has 0 fully saturated rings. The highest BCUT2D eigenvalue weighted by molar-refractivity contribution is 9.10. The molecule has 96 valence electrons. The van der Waals surface area contributed by atoms with Crippen LogP contribution in [0.3, 0.4) is 0 Å². The largest absolute Gasteiger partial charge is 0.416 e. The molecule has 1 rings (SSSR count). The van der Waals surface area contributed by atoms with E-state index in [4.69, 9.17) is 5.73 Å². The van der Waals surface area contributed by atoms with Crippen LogP contribution in [0, 0.1) is 0 Å². The molecule has 0 aromatic heterocycles. The van der Waals surface area contributed by atoms with Crippen molar-refractivity contribution in [1.29, 1.82) is 0 Å². The van der Waals surface area contributed by atoms with Crippen LogP contribution in [-0.2, 0) is 6.18 Å². The molecular formula is C9H6BrF6N. The van der Waals surface area contributed by atoms with Crippen LogP contribution in [0.25, 0.3) is 0 Å². The van der Waals surface area contributed by atoms with Gasteiger partial charge >= 0.3 is 12.4 Å². The zero-order valence-electron chi connectivity index (χ0n) is 8.03. The second kappa shape index (κ2) is 4.49. The van der Waals surface area contributed by atoms with Gasteiger partial charge in [-0.3, -0.25) is 0 Å². The first-order chi connectivity index (χ1) is 7.51. The van der Waals surface area contributed by atoms with Gasteiger partial charge in [-0.2, -0.15) is 26.3 Å². The van der Waals surface area contributed by atoms with Gasteiger partial charge in [-0.05, 0) is 23.8 Å². The van der Waals surface area contributed by atoms with E-state index in [9.17, 15) is 26.3 Å². The van der Waals surface area contributed by atoms with Crippen molar-refractivity contribution in [1.82, 2.24) is 0 Å². The van der Waals surface area contributed by atoms with Gasteiger partial charge in [0.1, 0.15) is 6.04 Å². The summed E-state index contributed by atoms with van der Waals surface area (Å²) in [6.45, 7) is 0. The third kappa shape index (κ3) is 3.60. The van der Waals surface area contributed by atoms with Crippen LogP contribution in [0.2, 0.25) is 0 Å². The molecule has 0 aliphatic carbocycles. The Labute approximate surface area is 101 Å². The topological polar surface area (TPSA) is 26.0 Å². The molecule has 8 heteroatoms. The van der Waals surface area contributed by atoms with Crippen molar-refractivity contribution in [2.24, 2.45) is 5.73 Å². The van der Waals surface area contributed by atoms with E-state index in [1.54, 1.807) is 0 Å². The van der Waals surface area contributed by atoms with Gasteiger partial charge in [-0.25, -0.2) is 0 Å². The average Bonchev–Trinajstić information content (AvgIpc) is 2.12. The molecule has 0 aliphatic heterocycles. The van der Waals surface area contributed by atoms with E-state index in [0.717, 1.165) is 6.07 Å². The summed E-state index contributed by atoms with van der Waals surface area (Å²) in [5.41, 5.74) is 3.02. The molecule has 1 atom stereocenters. The van der Waals surface area contributed by atoms with Gasteiger partial charge in [-0.1, -0.05) is 15.9 Å². The highest BCUT2D eigenvalue weighted by atomic mass is 79.9. The van der Waals surface area contributed by atoms with Crippen LogP contribution in [0.15, 0.2) is 22.7 Å². The molecule has 1 nitrogen and oxygen atoms in total. The lowest BCUT2D eigenvalue weighted by molar-refractivity contribution is -0.150. The molecule has 0 spiro atoms. The second-order valence-corrected chi connectivity index (χ2v) is 4.21. The predicted octanol–water partition coefficient (Wildman–Crippen LogP) is 4.03. The third-order valence-corrected chi connectivity index (χ3v) is 2.42. The van der Waals surface area contributed by atoms with E-state index in [0.29, 0.717) is 12.1 Å². The van der Waals surface area contributed by atoms with Crippen molar-refractivity contribution < 1.29 is 26.3 Å². The molecule has 1 aromatic carbocycles. The fourth-order valence-corrected chi connectivity index (χ4v) is 1.66. The van der Waals surface area contributed by atoms with Crippen molar-refractivity contribution in [2.45, 2.75) is 18.4 Å². The molecule has 0 bridgehead atoms. The maximum absolute atomic E-state index is 12.4. The maximum Gasteiger partial charge on any atom is 0.416 e. The molecule has 0 heterocycles. The number of halogens is 7. The van der Waals surface area contributed by atoms with Gasteiger partial charge < -0.3 is 5.73 Å². The first-order valence-corrected chi connectivity index (χ1v) is 5.01. The fraction of sp³-hybridized carbons (Fsp3) is 0.333. The maximum atomic E-state index is 12.4. The van der Waals surface area contributed by atoms with Crippen LogP contribution >= 0.6 is 15.9 Å². The summed E-state index contributed by atoms with van der Waals surface area (Å²) >= 11 is 2.72. The number of nitrogens with two attached hydrogens (primary N) is 1. The van der Waals surface area contributed by atoms with E-state index in [-0.39, 0.29) is 4.47 Å². The van der Waals surface area contributed by atoms with Gasteiger partial charge in [-0.15, -0.1) is 0 Å². The minimum Gasteiger partial charge on any atom is -0.316 e. The monoisotopic (exact) mass is 321 g/mol. The zero-order valence-corrected chi connectivity index (χ0v) is 9.62. The van der Waals surface area contributed by atoms with Gasteiger partial charge in [0, 0.05) is 4.47 Å². The Kier molecular flexibility index (Phi) is 3.78. The smallest absolute Gasteiger partial charge is 0.316 e. The standard InChI is InChI=1S/C9H6BrF6N/c10-6-2-4(7(17)9(14,15)16)1-5(3-6)8(11,12)13/h1-3,7H,17H2/t7-/m1/s1. The average molecular weight is 322 g/mol. The number of alkyl halides is 6. The van der Waals surface area contributed by atoms with Crippen molar-refractivity contribution in [2.75, 3.05) is 0 Å². The number of hydrogen-bond donors (Lipinski definition) is 1. The first-order valence-electron chi connectivity index (χ1n) is 4.22. The van der Waals surface area contributed by atoms with E-state index in [1.165, 1.54) is 0 Å². The van der Waals surface area contributed by atoms with E-state index < -0.39 is 29.5 Å². The summed E-state index contributed by atoms with van der Waals surface area (Å²) in [6, 6.07) is -0.454. The minimum atomic E-state index is -4.79. The van der Waals surface area contributed by atoms with Crippen molar-refractivity contribution in [3.8, 4) is 0 Å². The quantitative estimate of drug-likeness (QED) is 0.776. The Balaban J connectivity index is 3.24. The highest BCUT2D eigenvalue weighted by Gasteiger charge is 2.39. The lowest BCUT2D eigenvalue weighted by atomic mass is 10.0. The molecule has 1 aromatic rings. The Morgan fingerprint density at radius 1 is 1.00 bits per heavy atom. The fourth-order valence-electron chi connectivity index (χ4n) is 1.14. The van der Waals surface area contributed by atoms with Gasteiger partial charge in [0.15, 0.2) is 0 Å². The van der Waals surface area contributed by atoms with Crippen LogP contribution < -0.4 is 5.73 Å². The van der Waals surface area contributed by atoms with E-state index in [1.807, 2.05) is 0 Å². The van der Waals surface area contributed by atoms with Gasteiger partial charge in [0.2, 0.25) is 0 Å². The summed E-state index contributed by atoms with van der Waals surface area (Å²) in [5.74, 6) is 0. The molecular weight excluding hydrogens is 316 g/mol. The van der Waals surface area contributed by atoms with E-state index in [2.05, 4.69) is 15.9 Å². The predicted molar refractivity (Wildman–Crippen MR) is 52.1 cm³/mol. The molecule has 0 amide bonds. The second-order valence-electron chi connectivity index (χ2n) is 3.29. The first kappa shape index (κ1) is 14.3. The molecule has 0 saturated heterocycles. The lowest BCUT2D eigenvalue weighted by Crippen LogP contribution is -2.28. The summed E-state index contributed by atoms with van der Waals surface area (Å²) in [7, 11) is 0. The normalized spacial score (nSPS) is 14.8. The Morgan fingerprint density at radius 3 is 1.94 bits per heavy atom. The molecule has 0 unspecified atom stereocenters. The van der Waals surface area contributed by atoms with Crippen LogP contribution in [0.5, 0.6) is 0 Å². The van der Waals surface area contributed by atoms with Crippen molar-refractivity contribution in [3.05, 3.63) is 33.8 Å². The number of benzene rings is 1. The summed E-state index contributed by atoms with van der Waals surface area (Å²) in [6.07, 6.45) is -9.51. The van der Waals surface area contributed by atoms with Crippen LogP contribution in [-0.4, -0.2) is 6.18 Å².